The van der Waals surface area contributed by atoms with Gasteiger partial charge in [-0.1, -0.05) is 20.8 Å². The van der Waals surface area contributed by atoms with Crippen molar-refractivity contribution in [3.05, 3.63) is 18.2 Å². The van der Waals surface area contributed by atoms with Crippen LogP contribution in [0, 0.1) is 17.3 Å². The number of hydrogen-bond donors (Lipinski definition) is 2. The van der Waals surface area contributed by atoms with Gasteiger partial charge in [-0.05, 0) is 68.7 Å². The minimum atomic E-state index is -0.0882. The highest BCUT2D eigenvalue weighted by Gasteiger charge is 2.34. The Labute approximate surface area is 192 Å². The van der Waals surface area contributed by atoms with E-state index in [2.05, 4.69) is 36.3 Å². The van der Waals surface area contributed by atoms with Gasteiger partial charge in [0.05, 0.1) is 26.5 Å². The maximum atomic E-state index is 12.8. The van der Waals surface area contributed by atoms with Gasteiger partial charge in [-0.3, -0.25) is 14.5 Å². The van der Waals surface area contributed by atoms with Gasteiger partial charge in [0.2, 0.25) is 11.8 Å². The van der Waals surface area contributed by atoms with Crippen molar-refractivity contribution in [1.82, 2.24) is 10.2 Å². The highest BCUT2D eigenvalue weighted by Crippen LogP contribution is 2.38. The number of likely N-dealkylation sites (tertiary alicyclic amines) is 1. The lowest BCUT2D eigenvalue weighted by Gasteiger charge is -2.40. The molecule has 1 saturated heterocycles. The summed E-state index contributed by atoms with van der Waals surface area (Å²) in [6, 6.07) is 5.59. The van der Waals surface area contributed by atoms with E-state index in [9.17, 15) is 9.59 Å². The van der Waals surface area contributed by atoms with Gasteiger partial charge in [-0.2, -0.15) is 0 Å². The zero-order valence-corrected chi connectivity index (χ0v) is 20.2. The normalized spacial score (nSPS) is 23.9. The molecule has 0 radical (unpaired) electrons. The van der Waals surface area contributed by atoms with Gasteiger partial charge in [0, 0.05) is 18.0 Å². The Hall–Kier alpha value is -2.28. The van der Waals surface area contributed by atoms with Crippen molar-refractivity contribution in [3.63, 3.8) is 0 Å². The molecule has 178 valence electrons. The van der Waals surface area contributed by atoms with E-state index in [0.29, 0.717) is 35.1 Å². The lowest BCUT2D eigenvalue weighted by molar-refractivity contribution is -0.127. The molecule has 0 spiro atoms. The Bertz CT molecular complexity index is 802. The van der Waals surface area contributed by atoms with E-state index < -0.39 is 0 Å². The van der Waals surface area contributed by atoms with Crippen LogP contribution in [-0.2, 0) is 9.59 Å². The van der Waals surface area contributed by atoms with E-state index >= 15 is 0 Å². The van der Waals surface area contributed by atoms with Gasteiger partial charge in [-0.15, -0.1) is 0 Å². The number of carbonyl (C=O) groups is 2. The van der Waals surface area contributed by atoms with Crippen molar-refractivity contribution < 1.29 is 19.1 Å². The zero-order chi connectivity index (χ0) is 23.3. The average Bonchev–Trinajstić information content (AvgIpc) is 2.73. The summed E-state index contributed by atoms with van der Waals surface area (Å²) in [7, 11) is 3.16. The van der Waals surface area contributed by atoms with E-state index in [-0.39, 0.29) is 23.8 Å². The fourth-order valence-corrected chi connectivity index (χ4v) is 5.42. The summed E-state index contributed by atoms with van der Waals surface area (Å²) < 4.78 is 10.5. The second kappa shape index (κ2) is 10.6. The Morgan fingerprint density at radius 1 is 1.12 bits per heavy atom. The monoisotopic (exact) mass is 445 g/mol. The van der Waals surface area contributed by atoms with Crippen LogP contribution >= 0.6 is 0 Å². The van der Waals surface area contributed by atoms with Crippen LogP contribution < -0.4 is 20.1 Å². The van der Waals surface area contributed by atoms with Crippen molar-refractivity contribution in [1.29, 1.82) is 0 Å². The third-order valence-corrected chi connectivity index (χ3v) is 6.74. The molecule has 2 atom stereocenters. The number of piperidine rings is 1. The number of benzene rings is 1. The minimum Gasteiger partial charge on any atom is -0.497 e. The molecule has 0 aromatic heterocycles. The molecular weight excluding hydrogens is 406 g/mol. The maximum Gasteiger partial charge on any atom is 0.238 e. The van der Waals surface area contributed by atoms with Crippen LogP contribution in [0.3, 0.4) is 0 Å². The molecule has 1 heterocycles. The number of nitrogens with zero attached hydrogens (tertiary/aromatic N) is 1. The fraction of sp³-hybridized carbons (Fsp3) is 0.680. The van der Waals surface area contributed by atoms with Crippen molar-refractivity contribution in [3.8, 4) is 11.5 Å². The molecule has 0 bridgehead atoms. The first-order valence-corrected chi connectivity index (χ1v) is 11.7. The van der Waals surface area contributed by atoms with Gasteiger partial charge >= 0.3 is 0 Å². The number of amides is 2. The number of nitrogens with one attached hydrogen (secondary N) is 2. The molecule has 2 N–H and O–H groups in total. The summed E-state index contributed by atoms with van der Waals surface area (Å²) >= 11 is 0. The molecule has 7 heteroatoms. The third kappa shape index (κ3) is 6.61. The predicted molar refractivity (Wildman–Crippen MR) is 126 cm³/mol. The number of ether oxygens (including phenoxy) is 2. The Morgan fingerprint density at radius 3 is 2.47 bits per heavy atom. The number of methoxy groups -OCH3 is 2. The minimum absolute atomic E-state index is 0.0383. The van der Waals surface area contributed by atoms with E-state index in [1.54, 1.807) is 32.4 Å². The molecule has 2 aliphatic rings. The first-order chi connectivity index (χ1) is 15.2. The molecule has 7 nitrogen and oxygen atoms in total. The number of anilines is 1. The second-order valence-electron chi connectivity index (χ2n) is 10.3. The molecule has 2 amide bonds. The zero-order valence-electron chi connectivity index (χ0n) is 20.2. The Kier molecular flexibility index (Phi) is 8.04. The first-order valence-electron chi connectivity index (χ1n) is 11.7. The van der Waals surface area contributed by atoms with Crippen LogP contribution in [0.25, 0.3) is 0 Å². The van der Waals surface area contributed by atoms with Gasteiger partial charge in [0.25, 0.3) is 0 Å². The van der Waals surface area contributed by atoms with Crippen LogP contribution in [0.1, 0.15) is 52.9 Å². The molecule has 1 aromatic carbocycles. The topological polar surface area (TPSA) is 79.9 Å². The van der Waals surface area contributed by atoms with Crippen molar-refractivity contribution in [2.75, 3.05) is 39.2 Å². The van der Waals surface area contributed by atoms with Gasteiger partial charge in [-0.25, -0.2) is 0 Å². The third-order valence-electron chi connectivity index (χ3n) is 6.74. The summed E-state index contributed by atoms with van der Waals surface area (Å²) in [5, 5.41) is 6.24. The predicted octanol–water partition coefficient (Wildman–Crippen LogP) is 3.69. The summed E-state index contributed by atoms with van der Waals surface area (Å²) in [4.78, 5) is 27.5. The quantitative estimate of drug-likeness (QED) is 0.669. The summed E-state index contributed by atoms with van der Waals surface area (Å²) in [6.45, 7) is 8.68. The van der Waals surface area contributed by atoms with Gasteiger partial charge in [0.15, 0.2) is 0 Å². The van der Waals surface area contributed by atoms with Gasteiger partial charge < -0.3 is 20.1 Å². The standard InChI is InChI=1S/C25H39N3O4/c1-17-12-19(15-25(2,3)14-17)26-24(30)18-8-10-28(11-9-18)16-23(29)27-21-7-6-20(31-4)13-22(21)32-5/h6-7,13,17-19H,8-12,14-16H2,1-5H3,(H,26,30)(H,27,29). The first kappa shape index (κ1) is 24.4. The highest BCUT2D eigenvalue weighted by molar-refractivity contribution is 5.93. The van der Waals surface area contributed by atoms with Crippen LogP contribution in [0.2, 0.25) is 0 Å². The fourth-order valence-electron chi connectivity index (χ4n) is 5.42. The maximum absolute atomic E-state index is 12.8. The second-order valence-corrected chi connectivity index (χ2v) is 10.3. The molecule has 1 saturated carbocycles. The van der Waals surface area contributed by atoms with E-state index in [1.807, 2.05) is 0 Å². The van der Waals surface area contributed by atoms with Crippen LogP contribution in [-0.4, -0.2) is 56.6 Å². The number of carbonyl (C=O) groups excluding carboxylic acids is 2. The molecule has 2 unspecified atom stereocenters. The van der Waals surface area contributed by atoms with E-state index in [4.69, 9.17) is 9.47 Å². The summed E-state index contributed by atoms with van der Waals surface area (Å²) in [6.07, 6.45) is 4.93. The molecule has 32 heavy (non-hydrogen) atoms. The smallest absolute Gasteiger partial charge is 0.238 e. The average molecular weight is 446 g/mol. The molecule has 1 aliphatic heterocycles. The summed E-state index contributed by atoms with van der Waals surface area (Å²) in [5.41, 5.74) is 0.913. The number of hydrogen-bond acceptors (Lipinski definition) is 5. The SMILES string of the molecule is COc1ccc(NC(=O)CN2CCC(C(=O)NC3CC(C)CC(C)(C)C3)CC2)c(OC)c1. The van der Waals surface area contributed by atoms with Crippen LogP contribution in [0.15, 0.2) is 18.2 Å². The molecule has 2 fully saturated rings. The van der Waals surface area contributed by atoms with Crippen LogP contribution in [0.4, 0.5) is 5.69 Å². The summed E-state index contributed by atoms with van der Waals surface area (Å²) in [5.74, 6) is 2.02. The van der Waals surface area contributed by atoms with Gasteiger partial charge in [0.1, 0.15) is 11.5 Å². The van der Waals surface area contributed by atoms with E-state index in [0.717, 1.165) is 38.8 Å². The number of rotatable bonds is 7. The van der Waals surface area contributed by atoms with Crippen molar-refractivity contribution in [2.45, 2.75) is 58.9 Å². The van der Waals surface area contributed by atoms with Crippen molar-refractivity contribution in [2.24, 2.45) is 17.3 Å². The van der Waals surface area contributed by atoms with Crippen LogP contribution in [0.5, 0.6) is 11.5 Å². The molecule has 1 aromatic rings. The Balaban J connectivity index is 1.44. The largest absolute Gasteiger partial charge is 0.497 e. The lowest BCUT2D eigenvalue weighted by atomic mass is 9.70. The lowest BCUT2D eigenvalue weighted by Crippen LogP contribution is -2.48. The highest BCUT2D eigenvalue weighted by atomic mass is 16.5. The molecular formula is C25H39N3O4. The Morgan fingerprint density at radius 2 is 1.84 bits per heavy atom. The van der Waals surface area contributed by atoms with Crippen molar-refractivity contribution >= 4 is 17.5 Å². The molecule has 3 rings (SSSR count). The van der Waals surface area contributed by atoms with E-state index in [1.165, 1.54) is 6.42 Å². The molecule has 1 aliphatic carbocycles.